The molecule has 3 aromatic rings. The molecular formula is C30H37N7O4. The number of pyridine rings is 1. The van der Waals surface area contributed by atoms with Gasteiger partial charge in [0.15, 0.2) is 17.3 Å². The van der Waals surface area contributed by atoms with Gasteiger partial charge < -0.3 is 30.6 Å². The zero-order valence-corrected chi connectivity index (χ0v) is 23.4. The van der Waals surface area contributed by atoms with Gasteiger partial charge in [-0.05, 0) is 55.5 Å². The Bertz CT molecular complexity index is 1360. The SMILES string of the molecule is COc1cccnc1-c1nc(C(N)=O)c(Nc2ccc(CN3CCOCC3)cc2)nc1NC1CCC2(CC1)COC2. The molecule has 1 spiro atoms. The molecule has 2 saturated heterocycles. The van der Waals surface area contributed by atoms with E-state index in [4.69, 9.17) is 29.9 Å². The first-order chi connectivity index (χ1) is 20.0. The minimum Gasteiger partial charge on any atom is -0.494 e. The minimum atomic E-state index is -0.684. The van der Waals surface area contributed by atoms with E-state index in [9.17, 15) is 4.79 Å². The number of ether oxygens (including phenoxy) is 3. The van der Waals surface area contributed by atoms with Crippen molar-refractivity contribution in [3.63, 3.8) is 0 Å². The molecule has 4 N–H and O–H groups in total. The van der Waals surface area contributed by atoms with E-state index in [0.29, 0.717) is 34.2 Å². The highest BCUT2D eigenvalue weighted by Crippen LogP contribution is 2.43. The third kappa shape index (κ3) is 6.12. The van der Waals surface area contributed by atoms with Gasteiger partial charge in [0, 0.05) is 43.0 Å². The summed E-state index contributed by atoms with van der Waals surface area (Å²) < 4.78 is 16.5. The molecule has 0 bridgehead atoms. The van der Waals surface area contributed by atoms with Crippen LogP contribution in [0.25, 0.3) is 11.4 Å². The predicted octanol–water partition coefficient (Wildman–Crippen LogP) is 3.59. The largest absolute Gasteiger partial charge is 0.494 e. The van der Waals surface area contributed by atoms with Crippen molar-refractivity contribution in [3.8, 4) is 17.1 Å². The summed E-state index contributed by atoms with van der Waals surface area (Å²) in [6.07, 6.45) is 5.85. The molecule has 0 radical (unpaired) electrons. The number of rotatable bonds is 9. The first-order valence-electron chi connectivity index (χ1n) is 14.2. The van der Waals surface area contributed by atoms with Gasteiger partial charge in [-0.25, -0.2) is 9.97 Å². The Kier molecular flexibility index (Phi) is 8.00. The molecule has 2 aromatic heterocycles. The molecule has 4 heterocycles. The van der Waals surface area contributed by atoms with Gasteiger partial charge in [0.05, 0.1) is 33.5 Å². The second-order valence-corrected chi connectivity index (χ2v) is 11.2. The molecule has 3 aliphatic rings. The zero-order valence-electron chi connectivity index (χ0n) is 23.4. The second-order valence-electron chi connectivity index (χ2n) is 11.2. The van der Waals surface area contributed by atoms with Gasteiger partial charge in [-0.1, -0.05) is 12.1 Å². The van der Waals surface area contributed by atoms with E-state index in [1.165, 1.54) is 5.56 Å². The van der Waals surface area contributed by atoms with E-state index in [0.717, 1.165) is 77.4 Å². The lowest BCUT2D eigenvalue weighted by Crippen LogP contribution is -2.47. The third-order valence-electron chi connectivity index (χ3n) is 8.27. The number of amides is 1. The number of aromatic nitrogens is 3. The van der Waals surface area contributed by atoms with Crippen LogP contribution in [-0.2, 0) is 16.0 Å². The van der Waals surface area contributed by atoms with Crippen LogP contribution in [0.5, 0.6) is 5.75 Å². The van der Waals surface area contributed by atoms with Crippen molar-refractivity contribution >= 4 is 23.2 Å². The molecule has 11 nitrogen and oxygen atoms in total. The van der Waals surface area contributed by atoms with E-state index in [-0.39, 0.29) is 11.7 Å². The quantitative estimate of drug-likeness (QED) is 0.357. The van der Waals surface area contributed by atoms with Crippen molar-refractivity contribution in [3.05, 3.63) is 53.9 Å². The van der Waals surface area contributed by atoms with Crippen LogP contribution in [-0.4, -0.2) is 78.4 Å². The van der Waals surface area contributed by atoms with Crippen molar-refractivity contribution in [2.24, 2.45) is 11.1 Å². The predicted molar refractivity (Wildman–Crippen MR) is 155 cm³/mol. The van der Waals surface area contributed by atoms with Gasteiger partial charge >= 0.3 is 0 Å². The second kappa shape index (κ2) is 12.0. The van der Waals surface area contributed by atoms with Gasteiger partial charge in [-0.3, -0.25) is 14.7 Å². The number of primary amides is 1. The molecule has 3 fully saturated rings. The Morgan fingerprint density at radius 2 is 1.80 bits per heavy atom. The number of nitrogens with two attached hydrogens (primary N) is 1. The Morgan fingerprint density at radius 3 is 2.46 bits per heavy atom. The van der Waals surface area contributed by atoms with Crippen molar-refractivity contribution in [1.82, 2.24) is 19.9 Å². The van der Waals surface area contributed by atoms with E-state index < -0.39 is 5.91 Å². The maximum Gasteiger partial charge on any atom is 0.271 e. The van der Waals surface area contributed by atoms with Crippen LogP contribution < -0.4 is 21.1 Å². The highest BCUT2D eigenvalue weighted by Gasteiger charge is 2.41. The first kappa shape index (κ1) is 27.4. The number of nitrogens with zero attached hydrogens (tertiary/aromatic N) is 4. The van der Waals surface area contributed by atoms with E-state index >= 15 is 0 Å². The fourth-order valence-electron chi connectivity index (χ4n) is 5.79. The van der Waals surface area contributed by atoms with Gasteiger partial charge in [0.25, 0.3) is 5.91 Å². The Balaban J connectivity index is 1.29. The van der Waals surface area contributed by atoms with Crippen LogP contribution in [0.15, 0.2) is 42.6 Å². The lowest BCUT2D eigenvalue weighted by molar-refractivity contribution is -0.131. The first-order valence-corrected chi connectivity index (χ1v) is 14.2. The Labute approximate surface area is 239 Å². The average molecular weight is 560 g/mol. The minimum absolute atomic E-state index is 0.0323. The van der Waals surface area contributed by atoms with Crippen molar-refractivity contribution < 1.29 is 19.0 Å². The normalized spacial score (nSPS) is 19.0. The monoisotopic (exact) mass is 559 g/mol. The van der Waals surface area contributed by atoms with Crippen LogP contribution in [0.2, 0.25) is 0 Å². The van der Waals surface area contributed by atoms with Crippen LogP contribution in [0, 0.1) is 5.41 Å². The molecule has 0 atom stereocenters. The zero-order chi connectivity index (χ0) is 28.2. The number of hydrogen-bond acceptors (Lipinski definition) is 10. The Hall–Kier alpha value is -3.80. The number of nitrogens with one attached hydrogen (secondary N) is 2. The standard InChI is InChI=1S/C30H37N7O4/c1-39-23-3-2-12-32-24(23)25-28(34-22-8-10-30(11-9-22)18-41-19-30)36-29(26(35-25)27(31)38)33-21-6-4-20(5-7-21)17-37-13-15-40-16-14-37/h2-7,12,22H,8-11,13-19H2,1H3,(H2,31,38)(H2,33,34,36). The molecule has 0 unspecified atom stereocenters. The van der Waals surface area contributed by atoms with Gasteiger partial charge in [0.1, 0.15) is 17.1 Å². The highest BCUT2D eigenvalue weighted by molar-refractivity contribution is 5.97. The number of hydrogen-bond donors (Lipinski definition) is 3. The van der Waals surface area contributed by atoms with Crippen LogP contribution in [0.1, 0.15) is 41.7 Å². The lowest BCUT2D eigenvalue weighted by Gasteiger charge is -2.46. The summed E-state index contributed by atoms with van der Waals surface area (Å²) >= 11 is 0. The molecule has 216 valence electrons. The summed E-state index contributed by atoms with van der Waals surface area (Å²) in [7, 11) is 1.58. The molecule has 1 saturated carbocycles. The molecule has 41 heavy (non-hydrogen) atoms. The number of carbonyl (C=O) groups excluding carboxylic acids is 1. The van der Waals surface area contributed by atoms with E-state index in [1.54, 1.807) is 19.4 Å². The summed E-state index contributed by atoms with van der Waals surface area (Å²) in [6, 6.07) is 11.9. The maximum absolute atomic E-state index is 12.6. The summed E-state index contributed by atoms with van der Waals surface area (Å²) in [5.41, 5.74) is 9.08. The molecule has 1 aromatic carbocycles. The molecule has 2 aliphatic heterocycles. The number of carbonyl (C=O) groups is 1. The Morgan fingerprint density at radius 1 is 1.05 bits per heavy atom. The van der Waals surface area contributed by atoms with Crippen LogP contribution in [0.3, 0.4) is 0 Å². The van der Waals surface area contributed by atoms with Gasteiger partial charge in [0.2, 0.25) is 0 Å². The summed E-state index contributed by atoms with van der Waals surface area (Å²) in [4.78, 5) is 29.1. The molecular weight excluding hydrogens is 522 g/mol. The highest BCUT2D eigenvalue weighted by atomic mass is 16.5. The van der Waals surface area contributed by atoms with Crippen molar-refractivity contribution in [2.75, 3.05) is 57.3 Å². The van der Waals surface area contributed by atoms with Crippen LogP contribution >= 0.6 is 0 Å². The van der Waals surface area contributed by atoms with Gasteiger partial charge in [-0.15, -0.1) is 0 Å². The summed E-state index contributed by atoms with van der Waals surface area (Å²) in [5, 5.41) is 6.90. The molecule has 1 amide bonds. The fourth-order valence-corrected chi connectivity index (χ4v) is 5.79. The number of morpholine rings is 1. The van der Waals surface area contributed by atoms with Crippen molar-refractivity contribution in [1.29, 1.82) is 0 Å². The number of anilines is 3. The summed E-state index contributed by atoms with van der Waals surface area (Å²) in [6.45, 7) is 5.94. The van der Waals surface area contributed by atoms with E-state index in [2.05, 4.69) is 32.7 Å². The smallest absolute Gasteiger partial charge is 0.271 e. The van der Waals surface area contributed by atoms with Crippen molar-refractivity contribution in [2.45, 2.75) is 38.3 Å². The topological polar surface area (TPSA) is 137 Å². The van der Waals surface area contributed by atoms with Crippen LogP contribution in [0.4, 0.5) is 17.3 Å². The molecule has 11 heteroatoms. The van der Waals surface area contributed by atoms with Gasteiger partial charge in [-0.2, -0.15) is 0 Å². The summed E-state index contributed by atoms with van der Waals surface area (Å²) in [5.74, 6) is 0.672. The number of methoxy groups -OCH3 is 1. The third-order valence-corrected chi connectivity index (χ3v) is 8.27. The molecule has 6 rings (SSSR count). The number of benzene rings is 1. The average Bonchev–Trinajstić information content (AvgIpc) is 2.98. The maximum atomic E-state index is 12.6. The molecule has 1 aliphatic carbocycles. The lowest BCUT2D eigenvalue weighted by atomic mass is 9.71. The fraction of sp³-hybridized carbons (Fsp3) is 0.467. The van der Waals surface area contributed by atoms with E-state index in [1.807, 2.05) is 18.2 Å².